The molecule has 0 aromatic heterocycles. The second kappa shape index (κ2) is 11.4. The van der Waals surface area contributed by atoms with E-state index in [0.717, 1.165) is 17.8 Å². The summed E-state index contributed by atoms with van der Waals surface area (Å²) < 4.78 is 0. The van der Waals surface area contributed by atoms with E-state index in [1.54, 1.807) is 0 Å². The van der Waals surface area contributed by atoms with Crippen LogP contribution in [0.4, 0.5) is 0 Å². The Morgan fingerprint density at radius 2 is 1.18 bits per heavy atom. The lowest BCUT2D eigenvalue weighted by Crippen LogP contribution is -2.00. The molecule has 0 amide bonds. The highest BCUT2D eigenvalue weighted by molar-refractivity contribution is 7.98. The molecular weight excluding hydrogens is 224 g/mol. The topological polar surface area (TPSA) is 0 Å². The molecule has 0 aliphatic rings. The number of thioether (sulfide) groups is 1. The maximum Gasteiger partial charge on any atom is -0.00678 e. The van der Waals surface area contributed by atoms with Crippen LogP contribution < -0.4 is 0 Å². The highest BCUT2D eigenvalue weighted by Crippen LogP contribution is 2.20. The standard InChI is InChI=1S/C16H34S/c1-14(2)8-6-9-15(3)10-7-11-16(4)12-13-17-5/h14-16H,6-13H2,1-5H3. The summed E-state index contributed by atoms with van der Waals surface area (Å²) in [5.41, 5.74) is 0. The van der Waals surface area contributed by atoms with Gasteiger partial charge in [-0.05, 0) is 36.2 Å². The Morgan fingerprint density at radius 1 is 0.706 bits per heavy atom. The summed E-state index contributed by atoms with van der Waals surface area (Å²) >= 11 is 1.98. The molecule has 17 heavy (non-hydrogen) atoms. The van der Waals surface area contributed by atoms with Gasteiger partial charge in [-0.25, -0.2) is 0 Å². The average Bonchev–Trinajstić information content (AvgIpc) is 2.25. The third-order valence-electron chi connectivity index (χ3n) is 3.69. The minimum Gasteiger partial charge on any atom is -0.165 e. The van der Waals surface area contributed by atoms with Crippen LogP contribution in [0.2, 0.25) is 0 Å². The van der Waals surface area contributed by atoms with Crippen LogP contribution in [0.15, 0.2) is 0 Å². The maximum atomic E-state index is 2.44. The lowest BCUT2D eigenvalue weighted by molar-refractivity contribution is 0.398. The van der Waals surface area contributed by atoms with Gasteiger partial charge in [-0.3, -0.25) is 0 Å². The van der Waals surface area contributed by atoms with Crippen molar-refractivity contribution in [2.24, 2.45) is 17.8 Å². The Balaban J connectivity index is 3.34. The van der Waals surface area contributed by atoms with Crippen LogP contribution in [0.3, 0.4) is 0 Å². The van der Waals surface area contributed by atoms with Gasteiger partial charge in [-0.2, -0.15) is 11.8 Å². The van der Waals surface area contributed by atoms with Gasteiger partial charge in [0.2, 0.25) is 0 Å². The maximum absolute atomic E-state index is 2.44. The molecule has 0 aromatic rings. The van der Waals surface area contributed by atoms with E-state index in [1.807, 2.05) is 11.8 Å². The molecule has 0 aliphatic heterocycles. The fraction of sp³-hybridized carbons (Fsp3) is 1.00. The molecule has 0 radical (unpaired) electrons. The van der Waals surface area contributed by atoms with Gasteiger partial charge in [0.15, 0.2) is 0 Å². The van der Waals surface area contributed by atoms with Gasteiger partial charge < -0.3 is 0 Å². The molecule has 0 aromatic carbocycles. The molecule has 104 valence electrons. The molecule has 0 heterocycles. The summed E-state index contributed by atoms with van der Waals surface area (Å²) in [6.07, 6.45) is 12.2. The first-order valence-corrected chi connectivity index (χ1v) is 8.94. The van der Waals surface area contributed by atoms with Crippen LogP contribution >= 0.6 is 11.8 Å². The van der Waals surface area contributed by atoms with Crippen molar-refractivity contribution in [2.45, 2.75) is 72.6 Å². The van der Waals surface area contributed by atoms with Crippen LogP contribution in [0.25, 0.3) is 0 Å². The SMILES string of the molecule is CSCCC(C)CCCC(C)CCCC(C)C. The molecule has 0 nitrogen and oxygen atoms in total. The zero-order chi connectivity index (χ0) is 13.1. The molecule has 0 saturated heterocycles. The van der Waals surface area contributed by atoms with E-state index in [1.165, 1.54) is 50.7 Å². The molecule has 1 heteroatoms. The summed E-state index contributed by atoms with van der Waals surface area (Å²) in [7, 11) is 0. The Bertz CT molecular complexity index is 154. The minimum absolute atomic E-state index is 0.883. The Labute approximate surface area is 114 Å². The highest BCUT2D eigenvalue weighted by Gasteiger charge is 2.06. The van der Waals surface area contributed by atoms with Gasteiger partial charge in [0.25, 0.3) is 0 Å². The summed E-state index contributed by atoms with van der Waals surface area (Å²) in [5.74, 6) is 4.10. The second-order valence-electron chi connectivity index (χ2n) is 6.25. The van der Waals surface area contributed by atoms with Crippen molar-refractivity contribution >= 4 is 11.8 Å². The van der Waals surface area contributed by atoms with Crippen molar-refractivity contribution in [3.05, 3.63) is 0 Å². The lowest BCUT2D eigenvalue weighted by atomic mass is 9.93. The van der Waals surface area contributed by atoms with E-state index >= 15 is 0 Å². The minimum atomic E-state index is 0.883. The van der Waals surface area contributed by atoms with Crippen LogP contribution in [0, 0.1) is 17.8 Å². The Hall–Kier alpha value is 0.350. The van der Waals surface area contributed by atoms with Gasteiger partial charge in [0, 0.05) is 0 Å². The van der Waals surface area contributed by atoms with E-state index in [4.69, 9.17) is 0 Å². The van der Waals surface area contributed by atoms with Crippen molar-refractivity contribution < 1.29 is 0 Å². The van der Waals surface area contributed by atoms with Gasteiger partial charge in [0.1, 0.15) is 0 Å². The van der Waals surface area contributed by atoms with Gasteiger partial charge in [-0.1, -0.05) is 66.2 Å². The molecule has 0 rings (SSSR count). The summed E-state index contributed by atoms with van der Waals surface area (Å²) in [6, 6.07) is 0. The smallest absolute Gasteiger partial charge is 0.00678 e. The molecule has 0 saturated carbocycles. The predicted molar refractivity (Wildman–Crippen MR) is 83.9 cm³/mol. The lowest BCUT2D eigenvalue weighted by Gasteiger charge is -2.14. The molecule has 0 bridgehead atoms. The predicted octanol–water partition coefficient (Wildman–Crippen LogP) is 6.01. The van der Waals surface area contributed by atoms with Crippen LogP contribution in [-0.4, -0.2) is 12.0 Å². The third kappa shape index (κ3) is 12.6. The summed E-state index contributed by atoms with van der Waals surface area (Å²) in [5, 5.41) is 0. The molecule has 0 N–H and O–H groups in total. The van der Waals surface area contributed by atoms with Crippen molar-refractivity contribution in [1.82, 2.24) is 0 Å². The highest BCUT2D eigenvalue weighted by atomic mass is 32.2. The quantitative estimate of drug-likeness (QED) is 0.437. The van der Waals surface area contributed by atoms with Gasteiger partial charge in [0.05, 0.1) is 0 Å². The number of hydrogen-bond donors (Lipinski definition) is 0. The van der Waals surface area contributed by atoms with Crippen molar-refractivity contribution in [2.75, 3.05) is 12.0 Å². The Morgan fingerprint density at radius 3 is 1.65 bits per heavy atom. The van der Waals surface area contributed by atoms with E-state index in [0.29, 0.717) is 0 Å². The first kappa shape index (κ1) is 17.4. The Kier molecular flexibility index (Phi) is 11.7. The summed E-state index contributed by atoms with van der Waals surface area (Å²) in [4.78, 5) is 0. The molecule has 2 atom stereocenters. The molecule has 0 fully saturated rings. The third-order valence-corrected chi connectivity index (χ3v) is 4.33. The first-order valence-electron chi connectivity index (χ1n) is 7.55. The van der Waals surface area contributed by atoms with E-state index in [9.17, 15) is 0 Å². The zero-order valence-electron chi connectivity index (χ0n) is 12.8. The van der Waals surface area contributed by atoms with E-state index in [-0.39, 0.29) is 0 Å². The van der Waals surface area contributed by atoms with Crippen LogP contribution in [0.1, 0.15) is 72.6 Å². The zero-order valence-corrected chi connectivity index (χ0v) is 13.6. The van der Waals surface area contributed by atoms with Crippen molar-refractivity contribution in [3.8, 4) is 0 Å². The van der Waals surface area contributed by atoms with Crippen molar-refractivity contribution in [1.29, 1.82) is 0 Å². The summed E-state index contributed by atoms with van der Waals surface area (Å²) in [6.45, 7) is 9.52. The van der Waals surface area contributed by atoms with Crippen LogP contribution in [-0.2, 0) is 0 Å². The fourth-order valence-corrected chi connectivity index (χ4v) is 2.94. The normalized spacial score (nSPS) is 15.2. The molecular formula is C16H34S. The monoisotopic (exact) mass is 258 g/mol. The van der Waals surface area contributed by atoms with Gasteiger partial charge in [-0.15, -0.1) is 0 Å². The van der Waals surface area contributed by atoms with Crippen LogP contribution in [0.5, 0.6) is 0 Å². The van der Waals surface area contributed by atoms with E-state index in [2.05, 4.69) is 34.0 Å². The average molecular weight is 259 g/mol. The second-order valence-corrected chi connectivity index (χ2v) is 7.23. The fourth-order valence-electron chi connectivity index (χ4n) is 2.30. The molecule has 0 spiro atoms. The first-order chi connectivity index (χ1) is 8.06. The largest absolute Gasteiger partial charge is 0.165 e. The van der Waals surface area contributed by atoms with Crippen molar-refractivity contribution in [3.63, 3.8) is 0 Å². The van der Waals surface area contributed by atoms with Gasteiger partial charge >= 0.3 is 0 Å². The molecule has 2 unspecified atom stereocenters. The number of hydrogen-bond acceptors (Lipinski definition) is 1. The molecule has 0 aliphatic carbocycles. The number of rotatable bonds is 11. The van der Waals surface area contributed by atoms with E-state index < -0.39 is 0 Å².